The molecule has 0 amide bonds. The molecule has 4 heterocycles. The molecule has 0 spiro atoms. The van der Waals surface area contributed by atoms with E-state index in [1.54, 1.807) is 12.1 Å². The van der Waals surface area contributed by atoms with Gasteiger partial charge in [0.25, 0.3) is 0 Å². The van der Waals surface area contributed by atoms with Gasteiger partial charge in [-0.1, -0.05) is 111 Å². The Balaban J connectivity index is 0.000000200. The Kier molecular flexibility index (Phi) is 13.1. The van der Waals surface area contributed by atoms with Gasteiger partial charge in [-0.15, -0.1) is 18.2 Å². The summed E-state index contributed by atoms with van der Waals surface area (Å²) in [5.74, 6) is 8.45. The van der Waals surface area contributed by atoms with E-state index in [9.17, 15) is 0 Å². The molecule has 0 aliphatic rings. The van der Waals surface area contributed by atoms with Gasteiger partial charge >= 0.3 is 165 Å². The molecular weight excluding hydrogens is 1120 g/mol. The fourth-order valence-electron chi connectivity index (χ4n) is 10.1. The average molecular weight is 1180 g/mol. The summed E-state index contributed by atoms with van der Waals surface area (Å²) in [5.41, 5.74) is 15.7. The zero-order valence-electron chi connectivity index (χ0n) is 45.8. The van der Waals surface area contributed by atoms with Crippen LogP contribution in [0.15, 0.2) is 168 Å². The Morgan fingerprint density at radius 1 is 0.681 bits per heavy atom. The molecule has 7 heteroatoms. The third-order valence-corrected chi connectivity index (χ3v) is 18.2. The SMILES string of the molecule is Cc1nc2nc(-c3[c-]ccc4c3oc3ccccc34)n(-c3c(C(C)C)cc(-c4ccccc4)cc3C(C)C)c2c2ccccc12.[2H]C([2H])([2H])c1c[c-]c(-c2cc(C(C)(C)c3ccccc3)[c]([Ge]([CH3])([CH3])[CH3])cn2)cc1.[Ir]. The molecule has 0 fully saturated rings. The van der Waals surface area contributed by atoms with Crippen molar-refractivity contribution in [1.29, 1.82) is 0 Å². The number of imidazole rings is 1. The summed E-state index contributed by atoms with van der Waals surface area (Å²) in [7, 11) is 0. The molecule has 11 rings (SSSR count). The molecule has 11 aromatic rings. The number of rotatable bonds is 9. The number of hydrogen-bond acceptors (Lipinski definition) is 4. The van der Waals surface area contributed by atoms with E-state index in [1.165, 1.54) is 37.8 Å². The summed E-state index contributed by atoms with van der Waals surface area (Å²) in [4.78, 5) is 15.2. The topological polar surface area (TPSA) is 56.7 Å². The van der Waals surface area contributed by atoms with Crippen LogP contribution in [0.5, 0.6) is 0 Å². The molecule has 0 aliphatic carbocycles. The van der Waals surface area contributed by atoms with Crippen molar-refractivity contribution >= 4 is 61.5 Å². The number of nitrogens with zero attached hydrogens (tertiary/aromatic N) is 4. The summed E-state index contributed by atoms with van der Waals surface area (Å²) in [6.45, 7) is 13.6. The zero-order chi connectivity index (χ0) is 52.3. The standard InChI is InChI=1S/C41H34N3O.C24H28GeN.Ir/c1-24(2)34-22-28(27-14-7-6-8-15-27)23-35(25(3)4)37(34)44-38-31-18-10-9-16-29(31)26(5)42-40(38)43-41(44)33-20-13-19-32-30-17-11-12-21-36(30)45-39(32)33;1-18-12-14-19(15-13-18)23-16-21(22(17-26-23)25(4,5)6)24(2,3)20-10-8-7-9-11-20;/h6-19,21-25H,1-5H3;7-14,16-17H,1-6H3;/q2*-1;/i;1D3;. The molecule has 0 saturated carbocycles. The number of benzene rings is 7. The van der Waals surface area contributed by atoms with Crippen LogP contribution in [-0.4, -0.2) is 32.8 Å². The van der Waals surface area contributed by atoms with Crippen LogP contribution >= 0.6 is 0 Å². The van der Waals surface area contributed by atoms with Crippen molar-refractivity contribution < 1.29 is 28.6 Å². The van der Waals surface area contributed by atoms with Crippen molar-refractivity contribution in [2.75, 3.05) is 0 Å². The Bertz CT molecular complexity index is 3830. The summed E-state index contributed by atoms with van der Waals surface area (Å²) in [6.07, 6.45) is 2.04. The van der Waals surface area contributed by atoms with Crippen molar-refractivity contribution in [3.05, 3.63) is 210 Å². The second-order valence-electron chi connectivity index (χ2n) is 20.9. The van der Waals surface area contributed by atoms with Gasteiger partial charge in [0.15, 0.2) is 5.65 Å². The van der Waals surface area contributed by atoms with Gasteiger partial charge < -0.3 is 8.98 Å². The van der Waals surface area contributed by atoms with Crippen molar-refractivity contribution in [3.8, 4) is 39.5 Å². The predicted octanol–water partition coefficient (Wildman–Crippen LogP) is 16.9. The Morgan fingerprint density at radius 2 is 1.32 bits per heavy atom. The molecular formula is C65H62GeIrN4O-2. The van der Waals surface area contributed by atoms with Crippen molar-refractivity contribution in [2.24, 2.45) is 0 Å². The summed E-state index contributed by atoms with van der Waals surface area (Å²) < 4.78 is 33.0. The first-order valence-corrected chi connectivity index (χ1v) is 32.1. The first kappa shape index (κ1) is 46.6. The summed E-state index contributed by atoms with van der Waals surface area (Å²) in [6, 6.07) is 60.7. The molecule has 0 saturated heterocycles. The molecule has 0 unspecified atom stereocenters. The van der Waals surface area contributed by atoms with Crippen molar-refractivity contribution in [1.82, 2.24) is 19.5 Å². The number of pyridine rings is 2. The van der Waals surface area contributed by atoms with Crippen molar-refractivity contribution in [3.63, 3.8) is 0 Å². The van der Waals surface area contributed by atoms with Gasteiger partial charge in [0.2, 0.25) is 0 Å². The zero-order valence-corrected chi connectivity index (χ0v) is 47.3. The third-order valence-electron chi connectivity index (χ3n) is 14.0. The minimum atomic E-state index is -2.18. The maximum atomic E-state index is 7.56. The number of aromatic nitrogens is 4. The monoisotopic (exact) mass is 1180 g/mol. The van der Waals surface area contributed by atoms with Gasteiger partial charge in [-0.2, -0.15) is 0 Å². The second-order valence-corrected chi connectivity index (χ2v) is 31.5. The van der Waals surface area contributed by atoms with Crippen LogP contribution < -0.4 is 4.40 Å². The van der Waals surface area contributed by atoms with Crippen LogP contribution in [0.3, 0.4) is 0 Å². The van der Waals surface area contributed by atoms with Crippen LogP contribution in [0.2, 0.25) is 17.3 Å². The molecule has 7 aromatic carbocycles. The smallest absolute Gasteiger partial charge is 0 e. The number of aryl methyl sites for hydroxylation is 2. The van der Waals surface area contributed by atoms with Gasteiger partial charge in [-0.05, 0) is 59.2 Å². The largest absolute Gasteiger partial charge is 0 e. The van der Waals surface area contributed by atoms with E-state index in [0.717, 1.165) is 77.9 Å². The van der Waals surface area contributed by atoms with E-state index in [4.69, 9.17) is 23.5 Å². The predicted molar refractivity (Wildman–Crippen MR) is 301 cm³/mol. The van der Waals surface area contributed by atoms with E-state index in [0.29, 0.717) is 5.56 Å². The quantitative estimate of drug-likeness (QED) is 0.107. The summed E-state index contributed by atoms with van der Waals surface area (Å²) in [5, 5.41) is 4.40. The summed E-state index contributed by atoms with van der Waals surface area (Å²) >= 11 is -2.18. The third kappa shape index (κ3) is 9.41. The molecule has 0 aliphatic heterocycles. The first-order valence-electron chi connectivity index (χ1n) is 26.2. The first-order chi connectivity index (χ1) is 35.3. The van der Waals surface area contributed by atoms with Crippen LogP contribution in [-0.2, 0) is 25.5 Å². The van der Waals surface area contributed by atoms with Gasteiger partial charge in [0, 0.05) is 47.6 Å². The fourth-order valence-corrected chi connectivity index (χ4v) is 13.6. The van der Waals surface area contributed by atoms with Gasteiger partial charge in [-0.25, -0.2) is 4.98 Å². The molecule has 0 N–H and O–H groups in total. The number of para-hydroxylation sites is 1. The molecule has 1 radical (unpaired) electrons. The van der Waals surface area contributed by atoms with Gasteiger partial charge in [-0.3, -0.25) is 4.98 Å². The van der Waals surface area contributed by atoms with Crippen LogP contribution in [0.1, 0.15) is 91.0 Å². The minimum absolute atomic E-state index is 0. The number of fused-ring (bicyclic) bond motifs is 6. The second kappa shape index (κ2) is 20.2. The molecule has 363 valence electrons. The maximum Gasteiger partial charge on any atom is 0 e. The van der Waals surface area contributed by atoms with Crippen LogP contribution in [0, 0.1) is 25.9 Å². The Labute approximate surface area is 445 Å². The Hall–Kier alpha value is -6.44. The van der Waals surface area contributed by atoms with E-state index >= 15 is 0 Å². The minimum Gasteiger partial charge on any atom is 0 e. The van der Waals surface area contributed by atoms with Gasteiger partial charge in [0.1, 0.15) is 5.58 Å². The van der Waals surface area contributed by atoms with E-state index in [2.05, 4.69) is 198 Å². The van der Waals surface area contributed by atoms with E-state index in [-0.39, 0.29) is 37.4 Å². The van der Waals surface area contributed by atoms with Crippen LogP contribution in [0.4, 0.5) is 0 Å². The molecule has 5 nitrogen and oxygen atoms in total. The molecule has 4 aromatic heterocycles. The van der Waals surface area contributed by atoms with Crippen molar-refractivity contribution in [2.45, 2.75) is 89.8 Å². The molecule has 72 heavy (non-hydrogen) atoms. The van der Waals surface area contributed by atoms with Crippen LogP contribution in [0.25, 0.3) is 83.3 Å². The average Bonchev–Trinajstić information content (AvgIpc) is 3.97. The number of hydrogen-bond donors (Lipinski definition) is 0. The maximum absolute atomic E-state index is 7.56. The fraction of sp³-hybridized carbons (Fsp3) is 0.215. The van der Waals surface area contributed by atoms with E-state index in [1.807, 2.05) is 36.5 Å². The molecule has 0 atom stereocenters. The normalized spacial score (nSPS) is 12.8. The number of furan rings is 1. The van der Waals surface area contributed by atoms with Gasteiger partial charge in [0.05, 0.1) is 16.9 Å². The van der Waals surface area contributed by atoms with E-state index < -0.39 is 20.1 Å². The molecule has 0 bridgehead atoms. The Morgan fingerprint density at radius 3 is 1.96 bits per heavy atom.